The first-order chi connectivity index (χ1) is 12.3. The average molecular weight is 392 g/mol. The molecule has 2 rings (SSSR count). The van der Waals surface area contributed by atoms with Crippen molar-refractivity contribution < 1.29 is 23.4 Å². The predicted molar refractivity (Wildman–Crippen MR) is 106 cm³/mol. The number of rotatable bonds is 4. The van der Waals surface area contributed by atoms with Crippen LogP contribution in [-0.2, 0) is 15.4 Å². The SMILES string of the molecule is Cc1cc(NC(=O)c2cc(NS(C)(=O)=O)ccc2O)c(O)c(C(C)(C)C)c1. The summed E-state index contributed by atoms with van der Waals surface area (Å²) < 4.78 is 25.0. The van der Waals surface area contributed by atoms with E-state index in [0.29, 0.717) is 5.56 Å². The van der Waals surface area contributed by atoms with Gasteiger partial charge in [0, 0.05) is 11.3 Å². The van der Waals surface area contributed by atoms with Crippen LogP contribution in [0.5, 0.6) is 11.5 Å². The molecule has 2 aromatic carbocycles. The number of carbonyl (C=O) groups excluding carboxylic acids is 1. The van der Waals surface area contributed by atoms with Gasteiger partial charge in [0.05, 0.1) is 17.5 Å². The number of sulfonamides is 1. The summed E-state index contributed by atoms with van der Waals surface area (Å²) in [5, 5.41) is 23.1. The molecule has 0 saturated carbocycles. The summed E-state index contributed by atoms with van der Waals surface area (Å²) in [5.74, 6) is -1.04. The standard InChI is InChI=1S/C19H24N2O5S/c1-11-8-14(19(2,3)4)17(23)15(9-11)20-18(24)13-10-12(6-7-16(13)22)21-27(5,25)26/h6-10,21-23H,1-5H3,(H,20,24). The van der Waals surface area contributed by atoms with E-state index in [1.807, 2.05) is 33.8 Å². The predicted octanol–water partition coefficient (Wildman–Crippen LogP) is 3.33. The number of anilines is 2. The van der Waals surface area contributed by atoms with Crippen molar-refractivity contribution in [2.45, 2.75) is 33.1 Å². The van der Waals surface area contributed by atoms with E-state index in [1.54, 1.807) is 6.07 Å². The molecule has 0 atom stereocenters. The molecule has 1 amide bonds. The molecule has 0 radical (unpaired) electrons. The van der Waals surface area contributed by atoms with Crippen molar-refractivity contribution in [2.75, 3.05) is 16.3 Å². The molecule has 0 spiro atoms. The quantitative estimate of drug-likeness (QED) is 0.470. The lowest BCUT2D eigenvalue weighted by molar-refractivity contribution is 0.102. The fraction of sp³-hybridized carbons (Fsp3) is 0.316. The van der Waals surface area contributed by atoms with Crippen molar-refractivity contribution in [1.82, 2.24) is 0 Å². The summed E-state index contributed by atoms with van der Waals surface area (Å²) in [6.45, 7) is 7.68. The number of carbonyl (C=O) groups is 1. The molecule has 4 N–H and O–H groups in total. The molecule has 0 aliphatic carbocycles. The normalized spacial score (nSPS) is 11.9. The summed E-state index contributed by atoms with van der Waals surface area (Å²) in [6, 6.07) is 7.26. The van der Waals surface area contributed by atoms with Crippen LogP contribution < -0.4 is 10.0 Å². The third-order valence-electron chi connectivity index (χ3n) is 3.85. The Balaban J connectivity index is 2.41. The van der Waals surface area contributed by atoms with Gasteiger partial charge in [-0.25, -0.2) is 8.42 Å². The highest BCUT2D eigenvalue weighted by Gasteiger charge is 2.22. The second-order valence-corrected chi connectivity index (χ2v) is 9.27. The first kappa shape index (κ1) is 20.6. The van der Waals surface area contributed by atoms with E-state index in [9.17, 15) is 23.4 Å². The van der Waals surface area contributed by atoms with E-state index in [4.69, 9.17) is 0 Å². The zero-order valence-corrected chi connectivity index (χ0v) is 16.7. The Morgan fingerprint density at radius 2 is 1.70 bits per heavy atom. The van der Waals surface area contributed by atoms with E-state index in [2.05, 4.69) is 10.0 Å². The Morgan fingerprint density at radius 3 is 2.26 bits per heavy atom. The van der Waals surface area contributed by atoms with Crippen molar-refractivity contribution in [3.05, 3.63) is 47.0 Å². The van der Waals surface area contributed by atoms with Gasteiger partial charge >= 0.3 is 0 Å². The van der Waals surface area contributed by atoms with E-state index in [0.717, 1.165) is 11.8 Å². The Morgan fingerprint density at radius 1 is 1.07 bits per heavy atom. The molecule has 27 heavy (non-hydrogen) atoms. The molecule has 0 aromatic heterocycles. The molecule has 0 aliphatic heterocycles. The summed E-state index contributed by atoms with van der Waals surface area (Å²) in [6.07, 6.45) is 0.985. The van der Waals surface area contributed by atoms with Crippen LogP contribution in [0.4, 0.5) is 11.4 Å². The second kappa shape index (κ2) is 7.11. The van der Waals surface area contributed by atoms with E-state index in [-0.39, 0.29) is 33.9 Å². The summed E-state index contributed by atoms with van der Waals surface area (Å²) >= 11 is 0. The van der Waals surface area contributed by atoms with Crippen molar-refractivity contribution in [1.29, 1.82) is 0 Å². The summed E-state index contributed by atoms with van der Waals surface area (Å²) in [7, 11) is -3.53. The molecule has 0 unspecified atom stereocenters. The van der Waals surface area contributed by atoms with Gasteiger partial charge in [0.15, 0.2) is 0 Å². The molecule has 0 fully saturated rings. The largest absolute Gasteiger partial charge is 0.507 e. The molecule has 2 aromatic rings. The maximum Gasteiger partial charge on any atom is 0.259 e. The van der Waals surface area contributed by atoms with Gasteiger partial charge in [-0.3, -0.25) is 9.52 Å². The smallest absolute Gasteiger partial charge is 0.259 e. The molecular formula is C19H24N2O5S. The Labute approximate surface area is 159 Å². The van der Waals surface area contributed by atoms with Crippen LogP contribution in [0.2, 0.25) is 0 Å². The van der Waals surface area contributed by atoms with Crippen LogP contribution in [0.1, 0.15) is 42.3 Å². The highest BCUT2D eigenvalue weighted by atomic mass is 32.2. The van der Waals surface area contributed by atoms with Crippen molar-refractivity contribution >= 4 is 27.3 Å². The Hall–Kier alpha value is -2.74. The molecule has 0 aliphatic rings. The number of nitrogens with one attached hydrogen (secondary N) is 2. The van der Waals surface area contributed by atoms with Gasteiger partial charge in [-0.15, -0.1) is 0 Å². The van der Waals surface area contributed by atoms with Gasteiger partial charge in [-0.2, -0.15) is 0 Å². The fourth-order valence-corrected chi connectivity index (χ4v) is 3.19. The van der Waals surface area contributed by atoms with Crippen LogP contribution in [0, 0.1) is 6.92 Å². The van der Waals surface area contributed by atoms with Gasteiger partial charge in [-0.1, -0.05) is 26.8 Å². The molecule has 0 bridgehead atoms. The maximum absolute atomic E-state index is 12.6. The molecule has 0 saturated heterocycles. The third-order valence-corrected chi connectivity index (χ3v) is 4.46. The average Bonchev–Trinajstić information content (AvgIpc) is 2.49. The lowest BCUT2D eigenvalue weighted by Gasteiger charge is -2.23. The minimum Gasteiger partial charge on any atom is -0.507 e. The van der Waals surface area contributed by atoms with Gasteiger partial charge in [0.2, 0.25) is 10.0 Å². The highest BCUT2D eigenvalue weighted by Crippen LogP contribution is 2.37. The van der Waals surface area contributed by atoms with Crippen LogP contribution >= 0.6 is 0 Å². The van der Waals surface area contributed by atoms with Gasteiger partial charge < -0.3 is 15.5 Å². The Kier molecular flexibility index (Phi) is 5.42. The lowest BCUT2D eigenvalue weighted by Crippen LogP contribution is -2.16. The lowest BCUT2D eigenvalue weighted by atomic mass is 9.85. The van der Waals surface area contributed by atoms with Crippen LogP contribution in [-0.4, -0.2) is 30.8 Å². The summed E-state index contributed by atoms with van der Waals surface area (Å²) in [5.41, 5.74) is 1.42. The first-order valence-electron chi connectivity index (χ1n) is 8.24. The van der Waals surface area contributed by atoms with Crippen molar-refractivity contribution in [3.63, 3.8) is 0 Å². The van der Waals surface area contributed by atoms with Crippen LogP contribution in [0.25, 0.3) is 0 Å². The molecule has 146 valence electrons. The molecular weight excluding hydrogens is 368 g/mol. The fourth-order valence-electron chi connectivity index (χ4n) is 2.63. The summed E-state index contributed by atoms with van der Waals surface area (Å²) in [4.78, 5) is 12.6. The number of phenols is 2. The molecule has 8 heteroatoms. The number of hydrogen-bond donors (Lipinski definition) is 4. The van der Waals surface area contributed by atoms with E-state index < -0.39 is 15.9 Å². The van der Waals surface area contributed by atoms with E-state index in [1.165, 1.54) is 18.2 Å². The molecule has 7 nitrogen and oxygen atoms in total. The third kappa shape index (κ3) is 5.13. The molecule has 0 heterocycles. The number of amides is 1. The number of hydrogen-bond acceptors (Lipinski definition) is 5. The zero-order valence-electron chi connectivity index (χ0n) is 15.9. The van der Waals surface area contributed by atoms with Gasteiger partial charge in [0.25, 0.3) is 5.91 Å². The number of phenolic OH excluding ortho intramolecular Hbond substituents is 2. The monoisotopic (exact) mass is 392 g/mol. The minimum absolute atomic E-state index is 0.0497. The first-order valence-corrected chi connectivity index (χ1v) is 10.1. The van der Waals surface area contributed by atoms with E-state index >= 15 is 0 Å². The van der Waals surface area contributed by atoms with Crippen molar-refractivity contribution in [3.8, 4) is 11.5 Å². The van der Waals surface area contributed by atoms with Gasteiger partial charge in [-0.05, 0) is 42.2 Å². The number of benzene rings is 2. The Bertz CT molecular complexity index is 992. The minimum atomic E-state index is -3.53. The topological polar surface area (TPSA) is 116 Å². The zero-order chi connectivity index (χ0) is 20.6. The van der Waals surface area contributed by atoms with Crippen molar-refractivity contribution in [2.24, 2.45) is 0 Å². The second-order valence-electron chi connectivity index (χ2n) is 7.52. The maximum atomic E-state index is 12.6. The number of aromatic hydroxyl groups is 2. The van der Waals surface area contributed by atoms with Crippen LogP contribution in [0.15, 0.2) is 30.3 Å². The van der Waals surface area contributed by atoms with Gasteiger partial charge in [0.1, 0.15) is 11.5 Å². The number of aryl methyl sites for hydroxylation is 1. The van der Waals surface area contributed by atoms with Crippen LogP contribution in [0.3, 0.4) is 0 Å². The highest BCUT2D eigenvalue weighted by molar-refractivity contribution is 7.92.